The first-order valence-corrected chi connectivity index (χ1v) is 10.5. The summed E-state index contributed by atoms with van der Waals surface area (Å²) in [5.74, 6) is 0.746. The van der Waals surface area contributed by atoms with E-state index >= 15 is 0 Å². The Hall–Kier alpha value is -1.35. The van der Waals surface area contributed by atoms with Crippen molar-refractivity contribution >= 4 is 5.91 Å². The number of hydrogen-bond acceptors (Lipinski definition) is 2. The number of carbonyl (C=O) groups excluding carboxylic acids is 1. The summed E-state index contributed by atoms with van der Waals surface area (Å²) >= 11 is 0. The molecule has 0 spiro atoms. The van der Waals surface area contributed by atoms with Crippen molar-refractivity contribution in [3.05, 3.63) is 35.4 Å². The largest absolute Gasteiger partial charge is 0.342 e. The van der Waals surface area contributed by atoms with Gasteiger partial charge in [0.05, 0.1) is 0 Å². The van der Waals surface area contributed by atoms with E-state index in [1.54, 1.807) is 0 Å². The van der Waals surface area contributed by atoms with Crippen LogP contribution in [0.4, 0.5) is 0 Å². The molecule has 1 N–H and O–H groups in total. The lowest BCUT2D eigenvalue weighted by Gasteiger charge is -2.35. The van der Waals surface area contributed by atoms with Gasteiger partial charge in [0.2, 0.25) is 5.91 Å². The van der Waals surface area contributed by atoms with Crippen LogP contribution in [0, 0.1) is 5.92 Å². The second-order valence-electron chi connectivity index (χ2n) is 9.26. The van der Waals surface area contributed by atoms with Crippen molar-refractivity contribution in [1.29, 1.82) is 0 Å². The molecule has 0 bridgehead atoms. The van der Waals surface area contributed by atoms with Gasteiger partial charge in [0.25, 0.3) is 0 Å². The number of amides is 1. The number of nitrogens with zero attached hydrogens (tertiary/aromatic N) is 1. The summed E-state index contributed by atoms with van der Waals surface area (Å²) in [6.07, 6.45) is 8.18. The Morgan fingerprint density at radius 2 is 1.62 bits per heavy atom. The summed E-state index contributed by atoms with van der Waals surface area (Å²) < 4.78 is 0. The van der Waals surface area contributed by atoms with E-state index in [1.807, 2.05) is 0 Å². The number of piperidine rings is 1. The van der Waals surface area contributed by atoms with Gasteiger partial charge in [0.15, 0.2) is 0 Å². The second-order valence-corrected chi connectivity index (χ2v) is 9.26. The maximum Gasteiger partial charge on any atom is 0.225 e. The molecule has 1 aliphatic heterocycles. The molecule has 2 aliphatic rings. The van der Waals surface area contributed by atoms with E-state index in [9.17, 15) is 4.79 Å². The number of rotatable bonds is 4. The monoisotopic (exact) mass is 356 g/mol. The van der Waals surface area contributed by atoms with Crippen molar-refractivity contribution < 1.29 is 4.79 Å². The predicted molar refractivity (Wildman–Crippen MR) is 108 cm³/mol. The van der Waals surface area contributed by atoms with Crippen LogP contribution in [0.1, 0.15) is 76.8 Å². The zero-order chi connectivity index (χ0) is 18.6. The van der Waals surface area contributed by atoms with Crippen LogP contribution in [-0.2, 0) is 16.8 Å². The van der Waals surface area contributed by atoms with Crippen LogP contribution in [0.15, 0.2) is 24.3 Å². The molecule has 1 amide bonds. The van der Waals surface area contributed by atoms with Crippen molar-refractivity contribution in [3.63, 3.8) is 0 Å². The lowest BCUT2D eigenvalue weighted by atomic mass is 9.86. The lowest BCUT2D eigenvalue weighted by Crippen LogP contribution is -2.46. The number of benzene rings is 1. The maximum absolute atomic E-state index is 12.7. The van der Waals surface area contributed by atoms with Gasteiger partial charge in [-0.05, 0) is 42.2 Å². The van der Waals surface area contributed by atoms with E-state index in [2.05, 4.69) is 55.3 Å². The third kappa shape index (κ3) is 5.09. The topological polar surface area (TPSA) is 32.3 Å². The van der Waals surface area contributed by atoms with Crippen molar-refractivity contribution in [3.8, 4) is 0 Å². The molecule has 1 saturated carbocycles. The van der Waals surface area contributed by atoms with E-state index in [4.69, 9.17) is 0 Å². The number of carbonyl (C=O) groups is 1. The lowest BCUT2D eigenvalue weighted by molar-refractivity contribution is -0.137. The van der Waals surface area contributed by atoms with Crippen LogP contribution in [0.25, 0.3) is 0 Å². The molecule has 0 radical (unpaired) electrons. The quantitative estimate of drug-likeness (QED) is 0.852. The zero-order valence-electron chi connectivity index (χ0n) is 16.9. The minimum absolute atomic E-state index is 0.212. The molecule has 1 heterocycles. The molecule has 26 heavy (non-hydrogen) atoms. The molecule has 1 aliphatic carbocycles. The fourth-order valence-electron chi connectivity index (χ4n) is 4.30. The SMILES string of the molecule is CC(C)(C)c1ccc(CNC2CCN(C(=O)C3CCCCC3)CC2)cc1. The molecule has 0 atom stereocenters. The number of hydrogen-bond donors (Lipinski definition) is 1. The first-order chi connectivity index (χ1) is 12.4. The summed E-state index contributed by atoms with van der Waals surface area (Å²) in [5, 5.41) is 3.70. The molecule has 0 unspecified atom stereocenters. The Labute approximate surface area is 159 Å². The summed E-state index contributed by atoms with van der Waals surface area (Å²) in [5.41, 5.74) is 2.94. The summed E-state index contributed by atoms with van der Waals surface area (Å²) in [6, 6.07) is 9.53. The van der Waals surface area contributed by atoms with Crippen molar-refractivity contribution in [2.24, 2.45) is 5.92 Å². The van der Waals surface area contributed by atoms with E-state index in [-0.39, 0.29) is 5.41 Å². The highest BCUT2D eigenvalue weighted by Gasteiger charge is 2.28. The van der Waals surface area contributed by atoms with Gasteiger partial charge in [0, 0.05) is 31.6 Å². The predicted octanol–water partition coefficient (Wildman–Crippen LogP) is 4.65. The minimum Gasteiger partial charge on any atom is -0.342 e. The Bertz CT molecular complexity index is 573. The molecular formula is C23H36N2O. The molecule has 1 aromatic rings. The Morgan fingerprint density at radius 1 is 1.00 bits per heavy atom. The molecule has 144 valence electrons. The van der Waals surface area contributed by atoms with Gasteiger partial charge in [-0.3, -0.25) is 4.79 Å². The average Bonchev–Trinajstić information content (AvgIpc) is 2.66. The number of nitrogens with one attached hydrogen (secondary N) is 1. The van der Waals surface area contributed by atoms with Crippen LogP contribution >= 0.6 is 0 Å². The Morgan fingerprint density at radius 3 is 2.19 bits per heavy atom. The first-order valence-electron chi connectivity index (χ1n) is 10.5. The molecule has 1 saturated heterocycles. The van der Waals surface area contributed by atoms with Crippen LogP contribution in [0.3, 0.4) is 0 Å². The third-order valence-corrected chi connectivity index (χ3v) is 6.18. The van der Waals surface area contributed by atoms with E-state index in [0.717, 1.165) is 45.3 Å². The van der Waals surface area contributed by atoms with Gasteiger partial charge in [-0.2, -0.15) is 0 Å². The van der Waals surface area contributed by atoms with Gasteiger partial charge in [0.1, 0.15) is 0 Å². The van der Waals surface area contributed by atoms with Crippen LogP contribution < -0.4 is 5.32 Å². The number of likely N-dealkylation sites (tertiary alicyclic amines) is 1. The molecular weight excluding hydrogens is 320 g/mol. The maximum atomic E-state index is 12.7. The van der Waals surface area contributed by atoms with Gasteiger partial charge in [-0.25, -0.2) is 0 Å². The Kier molecular flexibility index (Phi) is 6.39. The van der Waals surface area contributed by atoms with E-state index < -0.39 is 0 Å². The molecule has 3 rings (SSSR count). The zero-order valence-corrected chi connectivity index (χ0v) is 16.9. The standard InChI is InChI=1S/C23H36N2O/c1-23(2,3)20-11-9-18(10-12-20)17-24-21-13-15-25(16-14-21)22(26)19-7-5-4-6-8-19/h9-12,19,21,24H,4-8,13-17H2,1-3H3. The Balaban J connectivity index is 1.42. The summed E-state index contributed by atoms with van der Waals surface area (Å²) in [7, 11) is 0. The third-order valence-electron chi connectivity index (χ3n) is 6.18. The molecule has 3 heteroatoms. The van der Waals surface area contributed by atoms with E-state index in [1.165, 1.54) is 30.4 Å². The van der Waals surface area contributed by atoms with Gasteiger partial charge < -0.3 is 10.2 Å². The van der Waals surface area contributed by atoms with Crippen LogP contribution in [0.5, 0.6) is 0 Å². The highest BCUT2D eigenvalue weighted by molar-refractivity contribution is 5.79. The average molecular weight is 357 g/mol. The normalized spacial score (nSPS) is 20.3. The summed E-state index contributed by atoms with van der Waals surface area (Å²) in [4.78, 5) is 14.8. The second kappa shape index (κ2) is 8.56. The van der Waals surface area contributed by atoms with Gasteiger partial charge in [-0.15, -0.1) is 0 Å². The van der Waals surface area contributed by atoms with Crippen molar-refractivity contribution in [2.45, 2.75) is 83.7 Å². The molecule has 0 aromatic heterocycles. The van der Waals surface area contributed by atoms with Crippen molar-refractivity contribution in [2.75, 3.05) is 13.1 Å². The molecule has 2 fully saturated rings. The van der Waals surface area contributed by atoms with Crippen LogP contribution in [-0.4, -0.2) is 29.9 Å². The van der Waals surface area contributed by atoms with Crippen LogP contribution in [0.2, 0.25) is 0 Å². The summed E-state index contributed by atoms with van der Waals surface area (Å²) in [6.45, 7) is 9.53. The fraction of sp³-hybridized carbons (Fsp3) is 0.696. The fourth-order valence-corrected chi connectivity index (χ4v) is 4.30. The highest BCUT2D eigenvalue weighted by atomic mass is 16.2. The first kappa shape index (κ1) is 19.4. The van der Waals surface area contributed by atoms with Gasteiger partial charge >= 0.3 is 0 Å². The van der Waals surface area contributed by atoms with Gasteiger partial charge in [-0.1, -0.05) is 64.3 Å². The highest BCUT2D eigenvalue weighted by Crippen LogP contribution is 2.27. The van der Waals surface area contributed by atoms with Crippen molar-refractivity contribution in [1.82, 2.24) is 10.2 Å². The molecule has 3 nitrogen and oxygen atoms in total. The molecule has 1 aromatic carbocycles. The smallest absolute Gasteiger partial charge is 0.225 e. The van der Waals surface area contributed by atoms with E-state index in [0.29, 0.717) is 17.9 Å². The minimum atomic E-state index is 0.212.